The van der Waals surface area contributed by atoms with Crippen LogP contribution in [0, 0.1) is 24.5 Å². The van der Waals surface area contributed by atoms with Crippen molar-refractivity contribution in [2.45, 2.75) is 40.7 Å². The van der Waals surface area contributed by atoms with Gasteiger partial charge in [0.2, 0.25) is 0 Å². The zero-order valence-electron chi connectivity index (χ0n) is 13.1. The minimum atomic E-state index is -0.0507. The van der Waals surface area contributed by atoms with Crippen molar-refractivity contribution in [2.24, 2.45) is 5.92 Å². The molecule has 0 amide bonds. The number of rotatable bonds is 5. The second-order valence-electron chi connectivity index (χ2n) is 5.56. The predicted octanol–water partition coefficient (Wildman–Crippen LogP) is 3.97. The molecule has 0 aliphatic rings. The zero-order chi connectivity index (χ0) is 15.7. The molecule has 2 rings (SSSR count). The molecular formula is C15H22N2O2S2. The normalized spacial score (nSPS) is 13.2. The molecular weight excluding hydrogens is 304 g/mol. The first-order chi connectivity index (χ1) is 9.88. The van der Waals surface area contributed by atoms with E-state index in [1.54, 1.807) is 15.9 Å². The van der Waals surface area contributed by atoms with Gasteiger partial charge < -0.3 is 9.72 Å². The number of nitrogens with zero attached hydrogens (tertiary/aromatic N) is 1. The minimum absolute atomic E-state index is 0.00555. The lowest BCUT2D eigenvalue weighted by Crippen LogP contribution is -2.32. The second-order valence-corrected chi connectivity index (χ2v) is 7.17. The monoisotopic (exact) mass is 326 g/mol. The first-order valence-corrected chi connectivity index (χ1v) is 8.43. The average Bonchev–Trinajstić information content (AvgIpc) is 2.68. The molecule has 2 heterocycles. The Balaban J connectivity index is 2.70. The van der Waals surface area contributed by atoms with Gasteiger partial charge in [0.25, 0.3) is 5.56 Å². The Bertz CT molecular complexity index is 755. The standard InChI is InChI=1S/C15H22N2O2S2/c1-6-19-7-11(8(2)3)17-14(18)12-9(4)10(5)21-13(12)16-15(17)20/h8,11H,6-7H2,1-5H3,(H,16,20). The van der Waals surface area contributed by atoms with Crippen LogP contribution in [0.4, 0.5) is 0 Å². The molecule has 0 aromatic carbocycles. The lowest BCUT2D eigenvalue weighted by atomic mass is 10.0. The van der Waals surface area contributed by atoms with Crippen LogP contribution in [0.25, 0.3) is 10.2 Å². The maximum atomic E-state index is 12.9. The number of nitrogens with one attached hydrogen (secondary N) is 1. The van der Waals surface area contributed by atoms with Crippen molar-refractivity contribution < 1.29 is 4.74 Å². The lowest BCUT2D eigenvalue weighted by molar-refractivity contribution is 0.0943. The van der Waals surface area contributed by atoms with Crippen molar-refractivity contribution in [3.63, 3.8) is 0 Å². The summed E-state index contributed by atoms with van der Waals surface area (Å²) in [4.78, 5) is 18.2. The van der Waals surface area contributed by atoms with Crippen LogP contribution in [0.2, 0.25) is 0 Å². The molecule has 1 unspecified atom stereocenters. The number of fused-ring (bicyclic) bond motifs is 1. The smallest absolute Gasteiger partial charge is 0.263 e. The number of aromatic amines is 1. The fourth-order valence-electron chi connectivity index (χ4n) is 2.45. The first-order valence-electron chi connectivity index (χ1n) is 7.20. The van der Waals surface area contributed by atoms with E-state index in [9.17, 15) is 4.79 Å². The summed E-state index contributed by atoms with van der Waals surface area (Å²) in [5, 5.41) is 0.758. The van der Waals surface area contributed by atoms with E-state index in [0.717, 1.165) is 20.7 Å². The minimum Gasteiger partial charge on any atom is -0.380 e. The molecule has 2 aromatic heterocycles. The topological polar surface area (TPSA) is 47.0 Å². The Labute approximate surface area is 133 Å². The summed E-state index contributed by atoms with van der Waals surface area (Å²) in [6, 6.07) is -0.0507. The highest BCUT2D eigenvalue weighted by Gasteiger charge is 2.21. The molecule has 4 nitrogen and oxygen atoms in total. The number of aromatic nitrogens is 2. The molecule has 0 saturated carbocycles. The highest BCUT2D eigenvalue weighted by atomic mass is 32.1. The van der Waals surface area contributed by atoms with Crippen molar-refractivity contribution in [1.29, 1.82) is 0 Å². The molecule has 21 heavy (non-hydrogen) atoms. The van der Waals surface area contributed by atoms with Crippen molar-refractivity contribution in [3.8, 4) is 0 Å². The SMILES string of the molecule is CCOCC(C(C)C)n1c(=S)[nH]c2sc(C)c(C)c2c1=O. The maximum absolute atomic E-state index is 12.9. The van der Waals surface area contributed by atoms with Crippen molar-refractivity contribution in [1.82, 2.24) is 9.55 Å². The van der Waals surface area contributed by atoms with Gasteiger partial charge >= 0.3 is 0 Å². The molecule has 0 aliphatic carbocycles. The van der Waals surface area contributed by atoms with Crippen LogP contribution in [0.15, 0.2) is 4.79 Å². The van der Waals surface area contributed by atoms with Crippen LogP contribution < -0.4 is 5.56 Å². The number of hydrogen-bond acceptors (Lipinski definition) is 4. The molecule has 1 N–H and O–H groups in total. The third-order valence-corrected chi connectivity index (χ3v) is 5.27. The Morgan fingerprint density at radius 1 is 1.38 bits per heavy atom. The van der Waals surface area contributed by atoms with E-state index in [2.05, 4.69) is 18.8 Å². The molecule has 0 saturated heterocycles. The van der Waals surface area contributed by atoms with E-state index in [-0.39, 0.29) is 17.5 Å². The van der Waals surface area contributed by atoms with Gasteiger partial charge in [-0.3, -0.25) is 9.36 Å². The van der Waals surface area contributed by atoms with Gasteiger partial charge in [0.1, 0.15) is 4.83 Å². The summed E-state index contributed by atoms with van der Waals surface area (Å²) < 4.78 is 7.72. The summed E-state index contributed by atoms with van der Waals surface area (Å²) >= 11 is 7.01. The third kappa shape index (κ3) is 2.98. The Kier molecular flexibility index (Phi) is 5.01. The van der Waals surface area contributed by atoms with E-state index in [0.29, 0.717) is 18.0 Å². The number of H-pyrrole nitrogens is 1. The Morgan fingerprint density at radius 3 is 2.62 bits per heavy atom. The summed E-state index contributed by atoms with van der Waals surface area (Å²) in [7, 11) is 0. The highest BCUT2D eigenvalue weighted by Crippen LogP contribution is 2.27. The van der Waals surface area contributed by atoms with Crippen LogP contribution in [0.3, 0.4) is 0 Å². The van der Waals surface area contributed by atoms with Crippen LogP contribution >= 0.6 is 23.6 Å². The van der Waals surface area contributed by atoms with Gasteiger partial charge in [-0.1, -0.05) is 13.8 Å². The molecule has 0 spiro atoms. The van der Waals surface area contributed by atoms with Gasteiger partial charge in [-0.2, -0.15) is 0 Å². The van der Waals surface area contributed by atoms with Crippen LogP contribution in [0.1, 0.15) is 37.3 Å². The second kappa shape index (κ2) is 6.42. The number of ether oxygens (including phenoxy) is 1. The molecule has 2 aromatic rings. The number of hydrogen-bond donors (Lipinski definition) is 1. The summed E-state index contributed by atoms with van der Waals surface area (Å²) in [5.74, 6) is 0.266. The third-order valence-electron chi connectivity index (χ3n) is 3.85. The van der Waals surface area contributed by atoms with Crippen molar-refractivity contribution >= 4 is 33.8 Å². The Hall–Kier alpha value is -0.980. The molecule has 0 fully saturated rings. The van der Waals surface area contributed by atoms with Crippen molar-refractivity contribution in [2.75, 3.05) is 13.2 Å². The largest absolute Gasteiger partial charge is 0.380 e. The highest BCUT2D eigenvalue weighted by molar-refractivity contribution is 7.71. The molecule has 116 valence electrons. The fraction of sp³-hybridized carbons (Fsp3) is 0.600. The van der Waals surface area contributed by atoms with Gasteiger partial charge in [-0.15, -0.1) is 11.3 Å². The van der Waals surface area contributed by atoms with E-state index >= 15 is 0 Å². The van der Waals surface area contributed by atoms with Gasteiger partial charge in [-0.05, 0) is 44.5 Å². The summed E-state index contributed by atoms with van der Waals surface area (Å²) in [6.45, 7) is 11.3. The summed E-state index contributed by atoms with van der Waals surface area (Å²) in [6.07, 6.45) is 0. The van der Waals surface area contributed by atoms with Crippen LogP contribution in [-0.2, 0) is 4.74 Å². The number of thiophene rings is 1. The van der Waals surface area contributed by atoms with E-state index in [1.807, 2.05) is 20.8 Å². The summed E-state index contributed by atoms with van der Waals surface area (Å²) in [5.41, 5.74) is 1.04. The average molecular weight is 326 g/mol. The maximum Gasteiger partial charge on any atom is 0.263 e. The number of aryl methyl sites for hydroxylation is 2. The quantitative estimate of drug-likeness (QED) is 0.846. The lowest BCUT2D eigenvalue weighted by Gasteiger charge is -2.23. The van der Waals surface area contributed by atoms with E-state index < -0.39 is 0 Å². The van der Waals surface area contributed by atoms with Gasteiger partial charge in [-0.25, -0.2) is 0 Å². The molecule has 0 radical (unpaired) electrons. The molecule has 0 aliphatic heterocycles. The van der Waals surface area contributed by atoms with Crippen LogP contribution in [-0.4, -0.2) is 22.8 Å². The van der Waals surface area contributed by atoms with Gasteiger partial charge in [0.05, 0.1) is 18.0 Å². The first kappa shape index (κ1) is 16.4. The van der Waals surface area contributed by atoms with Crippen LogP contribution in [0.5, 0.6) is 0 Å². The Morgan fingerprint density at radius 2 is 2.05 bits per heavy atom. The van der Waals surface area contributed by atoms with E-state index in [4.69, 9.17) is 17.0 Å². The van der Waals surface area contributed by atoms with E-state index in [1.165, 1.54) is 0 Å². The predicted molar refractivity (Wildman–Crippen MR) is 91.1 cm³/mol. The fourth-order valence-corrected chi connectivity index (χ4v) is 3.88. The molecule has 0 bridgehead atoms. The van der Waals surface area contributed by atoms with Crippen molar-refractivity contribution in [3.05, 3.63) is 25.6 Å². The molecule has 1 atom stereocenters. The molecule has 6 heteroatoms. The van der Waals surface area contributed by atoms with Gasteiger partial charge in [0.15, 0.2) is 4.77 Å². The zero-order valence-corrected chi connectivity index (χ0v) is 14.8. The van der Waals surface area contributed by atoms with Gasteiger partial charge in [0, 0.05) is 11.5 Å².